The number of nitrogens with zero attached hydrogens (tertiary/aromatic N) is 2. The van der Waals surface area contributed by atoms with Gasteiger partial charge >= 0.3 is 0 Å². The number of thiophene rings is 1. The molecule has 180 valence electrons. The highest BCUT2D eigenvalue weighted by atomic mass is 35.5. The minimum atomic E-state index is -0.269. The predicted octanol–water partition coefficient (Wildman–Crippen LogP) is 6.07. The summed E-state index contributed by atoms with van der Waals surface area (Å²) in [5.74, 6) is -0.391. The largest absolute Gasteiger partial charge is 0.385 e. The topological polar surface area (TPSA) is 49.9 Å². The van der Waals surface area contributed by atoms with Gasteiger partial charge in [0.2, 0.25) is 5.91 Å². The van der Waals surface area contributed by atoms with Gasteiger partial charge in [-0.1, -0.05) is 53.5 Å². The lowest BCUT2D eigenvalue weighted by atomic mass is 10.1. The number of methoxy groups -OCH3 is 1. The molecule has 0 aliphatic rings. The molecule has 0 saturated heterocycles. The summed E-state index contributed by atoms with van der Waals surface area (Å²) in [6.07, 6.45) is 0.611. The number of hydrogen-bond acceptors (Lipinski definition) is 4. The SMILES string of the molecule is COCCCN(CC(=O)N(Cc1ccccc1)Cc1sccc1C)C(=O)c1ccc(Cl)c(Cl)c1. The zero-order chi connectivity index (χ0) is 24.5. The van der Waals surface area contributed by atoms with Crippen LogP contribution in [-0.4, -0.2) is 48.4 Å². The smallest absolute Gasteiger partial charge is 0.254 e. The van der Waals surface area contributed by atoms with E-state index in [9.17, 15) is 9.59 Å². The highest BCUT2D eigenvalue weighted by molar-refractivity contribution is 7.10. The molecule has 2 aromatic carbocycles. The first kappa shape index (κ1) is 26.2. The molecule has 0 saturated carbocycles. The Bertz CT molecular complexity index is 1100. The summed E-state index contributed by atoms with van der Waals surface area (Å²) in [6.45, 7) is 3.83. The number of carbonyl (C=O) groups excluding carboxylic acids is 2. The van der Waals surface area contributed by atoms with E-state index in [0.717, 1.165) is 16.0 Å². The molecule has 0 aliphatic heterocycles. The van der Waals surface area contributed by atoms with Crippen molar-refractivity contribution in [3.63, 3.8) is 0 Å². The van der Waals surface area contributed by atoms with Crippen LogP contribution in [-0.2, 0) is 22.6 Å². The van der Waals surface area contributed by atoms with Crippen LogP contribution in [0, 0.1) is 6.92 Å². The minimum Gasteiger partial charge on any atom is -0.385 e. The van der Waals surface area contributed by atoms with Crippen LogP contribution in [0.2, 0.25) is 10.0 Å². The normalized spacial score (nSPS) is 10.8. The predicted molar refractivity (Wildman–Crippen MR) is 139 cm³/mol. The molecule has 1 aromatic heterocycles. The molecule has 0 spiro atoms. The Kier molecular flexibility index (Phi) is 9.96. The Morgan fingerprint density at radius 2 is 1.74 bits per heavy atom. The van der Waals surface area contributed by atoms with Crippen molar-refractivity contribution >= 4 is 46.4 Å². The van der Waals surface area contributed by atoms with Crippen molar-refractivity contribution in [2.75, 3.05) is 26.8 Å². The Morgan fingerprint density at radius 1 is 0.971 bits per heavy atom. The minimum absolute atomic E-state index is 0.0416. The average Bonchev–Trinajstić information content (AvgIpc) is 3.24. The van der Waals surface area contributed by atoms with Gasteiger partial charge in [-0.2, -0.15) is 0 Å². The van der Waals surface area contributed by atoms with E-state index in [0.29, 0.717) is 48.3 Å². The number of ether oxygens (including phenoxy) is 1. The van der Waals surface area contributed by atoms with Crippen molar-refractivity contribution < 1.29 is 14.3 Å². The molecule has 0 unspecified atom stereocenters. The van der Waals surface area contributed by atoms with Gasteiger partial charge in [-0.15, -0.1) is 11.3 Å². The van der Waals surface area contributed by atoms with Gasteiger partial charge in [0, 0.05) is 37.2 Å². The molecular formula is C26H28Cl2N2O3S. The van der Waals surface area contributed by atoms with Gasteiger partial charge in [0.1, 0.15) is 6.54 Å². The van der Waals surface area contributed by atoms with Gasteiger partial charge < -0.3 is 14.5 Å². The summed E-state index contributed by atoms with van der Waals surface area (Å²) in [4.78, 5) is 31.3. The fourth-order valence-electron chi connectivity index (χ4n) is 3.50. The molecule has 34 heavy (non-hydrogen) atoms. The summed E-state index contributed by atoms with van der Waals surface area (Å²) >= 11 is 13.8. The highest BCUT2D eigenvalue weighted by Gasteiger charge is 2.24. The molecule has 3 rings (SSSR count). The number of halogens is 2. The molecule has 8 heteroatoms. The van der Waals surface area contributed by atoms with Crippen LogP contribution in [0.15, 0.2) is 60.0 Å². The van der Waals surface area contributed by atoms with Crippen molar-refractivity contribution in [2.45, 2.75) is 26.4 Å². The van der Waals surface area contributed by atoms with Gasteiger partial charge in [-0.25, -0.2) is 0 Å². The third kappa shape index (κ3) is 7.31. The summed E-state index contributed by atoms with van der Waals surface area (Å²) in [6, 6.07) is 16.7. The van der Waals surface area contributed by atoms with Crippen LogP contribution in [0.1, 0.15) is 32.8 Å². The first-order valence-electron chi connectivity index (χ1n) is 11.0. The maximum Gasteiger partial charge on any atom is 0.254 e. The van der Waals surface area contributed by atoms with E-state index in [1.54, 1.807) is 40.4 Å². The van der Waals surface area contributed by atoms with E-state index in [1.165, 1.54) is 6.07 Å². The average molecular weight is 519 g/mol. The molecule has 0 bridgehead atoms. The molecule has 0 atom stereocenters. The monoisotopic (exact) mass is 518 g/mol. The molecule has 3 aromatic rings. The Hall–Kier alpha value is -2.38. The number of hydrogen-bond donors (Lipinski definition) is 0. The summed E-state index contributed by atoms with van der Waals surface area (Å²) in [7, 11) is 1.61. The van der Waals surface area contributed by atoms with Crippen LogP contribution in [0.4, 0.5) is 0 Å². The molecular weight excluding hydrogens is 491 g/mol. The van der Waals surface area contributed by atoms with Crippen molar-refractivity contribution in [3.8, 4) is 0 Å². The lowest BCUT2D eigenvalue weighted by Crippen LogP contribution is -2.43. The lowest BCUT2D eigenvalue weighted by molar-refractivity contribution is -0.133. The first-order valence-corrected chi connectivity index (χ1v) is 12.6. The molecule has 0 N–H and O–H groups in total. The number of amides is 2. The second-order valence-corrected chi connectivity index (χ2v) is 9.78. The fourth-order valence-corrected chi connectivity index (χ4v) is 4.72. The molecule has 0 fully saturated rings. The number of rotatable bonds is 11. The number of benzene rings is 2. The summed E-state index contributed by atoms with van der Waals surface area (Å²) < 4.78 is 5.16. The second kappa shape index (κ2) is 12.9. The van der Waals surface area contributed by atoms with E-state index < -0.39 is 0 Å². The number of aryl methyl sites for hydroxylation is 1. The van der Waals surface area contributed by atoms with Crippen molar-refractivity contribution in [1.29, 1.82) is 0 Å². The maximum absolute atomic E-state index is 13.5. The fraction of sp³-hybridized carbons (Fsp3) is 0.308. The van der Waals surface area contributed by atoms with Gasteiger partial charge in [-0.05, 0) is 54.1 Å². The van der Waals surface area contributed by atoms with Crippen LogP contribution in [0.3, 0.4) is 0 Å². The Morgan fingerprint density at radius 3 is 2.38 bits per heavy atom. The van der Waals surface area contributed by atoms with E-state index in [4.69, 9.17) is 27.9 Å². The summed E-state index contributed by atoms with van der Waals surface area (Å²) in [5.41, 5.74) is 2.58. The van der Waals surface area contributed by atoms with Crippen molar-refractivity contribution in [1.82, 2.24) is 9.80 Å². The lowest BCUT2D eigenvalue weighted by Gasteiger charge is -2.28. The summed E-state index contributed by atoms with van der Waals surface area (Å²) in [5, 5.41) is 2.70. The molecule has 1 heterocycles. The Labute approximate surface area is 214 Å². The van der Waals surface area contributed by atoms with E-state index in [2.05, 4.69) is 6.07 Å². The third-order valence-electron chi connectivity index (χ3n) is 5.43. The Balaban J connectivity index is 1.82. The standard InChI is InChI=1S/C26H28Cl2N2O3S/c1-19-11-14-34-24(19)17-30(16-20-7-4-3-5-8-20)25(31)18-29(12-6-13-33-2)26(32)21-9-10-22(27)23(28)15-21/h3-5,7-11,14-15H,6,12-13,16-18H2,1-2H3. The van der Waals surface area contributed by atoms with E-state index in [-0.39, 0.29) is 18.4 Å². The van der Waals surface area contributed by atoms with Gasteiger partial charge in [0.25, 0.3) is 5.91 Å². The van der Waals surface area contributed by atoms with Crippen LogP contribution < -0.4 is 0 Å². The zero-order valence-electron chi connectivity index (χ0n) is 19.3. The van der Waals surface area contributed by atoms with E-state index in [1.807, 2.05) is 42.6 Å². The van der Waals surface area contributed by atoms with Crippen molar-refractivity contribution in [3.05, 3.63) is 91.6 Å². The molecule has 2 amide bonds. The van der Waals surface area contributed by atoms with Gasteiger partial charge in [0.15, 0.2) is 0 Å². The molecule has 0 radical (unpaired) electrons. The van der Waals surface area contributed by atoms with Crippen molar-refractivity contribution in [2.24, 2.45) is 0 Å². The maximum atomic E-state index is 13.5. The highest BCUT2D eigenvalue weighted by Crippen LogP contribution is 2.24. The number of carbonyl (C=O) groups is 2. The second-order valence-electron chi connectivity index (χ2n) is 7.96. The zero-order valence-corrected chi connectivity index (χ0v) is 21.6. The van der Waals surface area contributed by atoms with Crippen LogP contribution in [0.5, 0.6) is 0 Å². The first-order chi connectivity index (χ1) is 16.4. The van der Waals surface area contributed by atoms with Crippen LogP contribution >= 0.6 is 34.5 Å². The van der Waals surface area contributed by atoms with Gasteiger partial charge in [-0.3, -0.25) is 9.59 Å². The molecule has 0 aliphatic carbocycles. The molecule has 5 nitrogen and oxygen atoms in total. The van der Waals surface area contributed by atoms with Gasteiger partial charge in [0.05, 0.1) is 16.6 Å². The van der Waals surface area contributed by atoms with Crippen LogP contribution in [0.25, 0.3) is 0 Å². The third-order valence-corrected chi connectivity index (χ3v) is 7.17. The van der Waals surface area contributed by atoms with E-state index >= 15 is 0 Å². The quantitative estimate of drug-likeness (QED) is 0.289.